The summed E-state index contributed by atoms with van der Waals surface area (Å²) in [5.74, 6) is 0.159. The van der Waals surface area contributed by atoms with E-state index in [1.165, 1.54) is 6.21 Å². The molecule has 1 amide bonds. The minimum atomic E-state index is -0.457. The first kappa shape index (κ1) is 21.4. The first-order valence-electron chi connectivity index (χ1n) is 8.58. The SMILES string of the molecule is CCOC(=O)COc1ccccc1C=NNC(=O)COc1ccc(C)cc1Br. The summed E-state index contributed by atoms with van der Waals surface area (Å²) < 4.78 is 16.5. The summed E-state index contributed by atoms with van der Waals surface area (Å²) in [5.41, 5.74) is 4.07. The number of rotatable bonds is 9. The molecule has 0 aliphatic heterocycles. The van der Waals surface area contributed by atoms with Crippen LogP contribution in [0.1, 0.15) is 18.1 Å². The van der Waals surface area contributed by atoms with Crippen LogP contribution in [0.5, 0.6) is 11.5 Å². The number of hydrogen-bond donors (Lipinski definition) is 1. The first-order chi connectivity index (χ1) is 13.5. The molecule has 0 spiro atoms. The van der Waals surface area contributed by atoms with Crippen molar-refractivity contribution in [2.75, 3.05) is 19.8 Å². The van der Waals surface area contributed by atoms with Gasteiger partial charge in [0.15, 0.2) is 13.2 Å². The normalized spacial score (nSPS) is 10.5. The first-order valence-corrected chi connectivity index (χ1v) is 9.37. The summed E-state index contributed by atoms with van der Waals surface area (Å²) in [6.45, 7) is 3.59. The molecule has 0 atom stereocenters. The zero-order valence-corrected chi connectivity index (χ0v) is 17.2. The number of para-hydroxylation sites is 1. The highest BCUT2D eigenvalue weighted by atomic mass is 79.9. The maximum atomic E-state index is 11.9. The average Bonchev–Trinajstić information content (AvgIpc) is 2.67. The molecule has 2 aromatic carbocycles. The molecule has 0 bridgehead atoms. The molecule has 0 heterocycles. The van der Waals surface area contributed by atoms with Gasteiger partial charge in [-0.1, -0.05) is 18.2 Å². The number of ether oxygens (including phenoxy) is 3. The minimum absolute atomic E-state index is 0.181. The molecule has 8 heteroatoms. The number of carbonyl (C=O) groups excluding carboxylic acids is 2. The number of hydrogen-bond acceptors (Lipinski definition) is 6. The smallest absolute Gasteiger partial charge is 0.344 e. The molecule has 7 nitrogen and oxygen atoms in total. The molecule has 0 unspecified atom stereocenters. The lowest BCUT2D eigenvalue weighted by Gasteiger charge is -2.09. The fraction of sp³-hybridized carbons (Fsp3) is 0.250. The zero-order chi connectivity index (χ0) is 20.4. The predicted molar refractivity (Wildman–Crippen MR) is 109 cm³/mol. The van der Waals surface area contributed by atoms with Crippen LogP contribution >= 0.6 is 15.9 Å². The van der Waals surface area contributed by atoms with Crippen LogP contribution in [-0.4, -0.2) is 37.9 Å². The Morgan fingerprint density at radius 1 is 1.11 bits per heavy atom. The molecule has 28 heavy (non-hydrogen) atoms. The Labute approximate surface area is 171 Å². The molecule has 0 radical (unpaired) electrons. The van der Waals surface area contributed by atoms with Gasteiger partial charge in [0.1, 0.15) is 11.5 Å². The third-order valence-electron chi connectivity index (χ3n) is 3.41. The van der Waals surface area contributed by atoms with E-state index in [-0.39, 0.29) is 13.2 Å². The minimum Gasteiger partial charge on any atom is -0.483 e. The summed E-state index contributed by atoms with van der Waals surface area (Å²) in [5, 5.41) is 3.90. The van der Waals surface area contributed by atoms with Crippen molar-refractivity contribution >= 4 is 34.0 Å². The monoisotopic (exact) mass is 448 g/mol. The van der Waals surface area contributed by atoms with Gasteiger partial charge in [0.2, 0.25) is 0 Å². The number of aryl methyl sites for hydroxylation is 1. The van der Waals surface area contributed by atoms with Crippen molar-refractivity contribution in [1.82, 2.24) is 5.43 Å². The van der Waals surface area contributed by atoms with Crippen molar-refractivity contribution in [1.29, 1.82) is 0 Å². The van der Waals surface area contributed by atoms with Gasteiger partial charge < -0.3 is 14.2 Å². The van der Waals surface area contributed by atoms with E-state index in [1.807, 2.05) is 19.1 Å². The van der Waals surface area contributed by atoms with Gasteiger partial charge in [0.25, 0.3) is 5.91 Å². The quantitative estimate of drug-likeness (QED) is 0.361. The topological polar surface area (TPSA) is 86.2 Å². The van der Waals surface area contributed by atoms with Gasteiger partial charge in [0.05, 0.1) is 17.3 Å². The molecule has 0 aliphatic carbocycles. The molecule has 0 saturated carbocycles. The van der Waals surface area contributed by atoms with E-state index < -0.39 is 11.9 Å². The van der Waals surface area contributed by atoms with E-state index in [4.69, 9.17) is 14.2 Å². The van der Waals surface area contributed by atoms with Gasteiger partial charge in [-0.15, -0.1) is 0 Å². The largest absolute Gasteiger partial charge is 0.483 e. The third kappa shape index (κ3) is 7.03. The molecule has 2 rings (SSSR count). The second-order valence-corrected chi connectivity index (χ2v) is 6.50. The number of esters is 1. The summed E-state index contributed by atoms with van der Waals surface area (Å²) >= 11 is 3.39. The lowest BCUT2D eigenvalue weighted by atomic mass is 10.2. The summed E-state index contributed by atoms with van der Waals surface area (Å²) in [6.07, 6.45) is 1.43. The van der Waals surface area contributed by atoms with Crippen LogP contribution in [0.4, 0.5) is 0 Å². The Kier molecular flexibility index (Phi) is 8.48. The molecule has 0 saturated heterocycles. The van der Waals surface area contributed by atoms with Crippen LogP contribution in [0.3, 0.4) is 0 Å². The van der Waals surface area contributed by atoms with Gasteiger partial charge in [-0.25, -0.2) is 10.2 Å². The van der Waals surface area contributed by atoms with E-state index in [0.29, 0.717) is 23.7 Å². The van der Waals surface area contributed by atoms with Crippen molar-refractivity contribution in [3.63, 3.8) is 0 Å². The van der Waals surface area contributed by atoms with Crippen LogP contribution in [0.2, 0.25) is 0 Å². The maximum Gasteiger partial charge on any atom is 0.344 e. The number of nitrogens with zero attached hydrogens (tertiary/aromatic N) is 1. The van der Waals surface area contributed by atoms with Crippen LogP contribution in [0.25, 0.3) is 0 Å². The lowest BCUT2D eigenvalue weighted by Crippen LogP contribution is -2.24. The predicted octanol–water partition coefficient (Wildman–Crippen LogP) is 3.23. The van der Waals surface area contributed by atoms with Crippen molar-refractivity contribution in [3.05, 3.63) is 58.1 Å². The second-order valence-electron chi connectivity index (χ2n) is 5.65. The number of nitrogens with one attached hydrogen (secondary N) is 1. The Balaban J connectivity index is 1.86. The Bertz CT molecular complexity index is 854. The molecular weight excluding hydrogens is 428 g/mol. The zero-order valence-electron chi connectivity index (χ0n) is 15.6. The van der Waals surface area contributed by atoms with Crippen LogP contribution in [0.15, 0.2) is 52.0 Å². The Morgan fingerprint density at radius 3 is 2.61 bits per heavy atom. The van der Waals surface area contributed by atoms with Crippen molar-refractivity contribution in [2.45, 2.75) is 13.8 Å². The third-order valence-corrected chi connectivity index (χ3v) is 4.03. The highest BCUT2D eigenvalue weighted by molar-refractivity contribution is 9.10. The van der Waals surface area contributed by atoms with Gasteiger partial charge in [-0.2, -0.15) is 5.10 Å². The highest BCUT2D eigenvalue weighted by Gasteiger charge is 2.07. The summed E-state index contributed by atoms with van der Waals surface area (Å²) in [6, 6.07) is 12.6. The number of halogens is 1. The van der Waals surface area contributed by atoms with Crippen LogP contribution in [0, 0.1) is 6.92 Å². The van der Waals surface area contributed by atoms with E-state index >= 15 is 0 Å². The molecule has 1 N–H and O–H groups in total. The van der Waals surface area contributed by atoms with Crippen LogP contribution in [-0.2, 0) is 14.3 Å². The standard InChI is InChI=1S/C20H21BrN2O5/c1-3-26-20(25)13-28-17-7-5-4-6-15(17)11-22-23-19(24)12-27-18-9-8-14(2)10-16(18)21/h4-11H,3,12-13H2,1-2H3,(H,23,24). The van der Waals surface area contributed by atoms with E-state index in [1.54, 1.807) is 37.3 Å². The fourth-order valence-corrected chi connectivity index (χ4v) is 2.74. The number of amides is 1. The lowest BCUT2D eigenvalue weighted by molar-refractivity contribution is -0.145. The Hall–Kier alpha value is -2.87. The Morgan fingerprint density at radius 2 is 1.86 bits per heavy atom. The van der Waals surface area contributed by atoms with E-state index in [0.717, 1.165) is 10.0 Å². The van der Waals surface area contributed by atoms with Gasteiger partial charge >= 0.3 is 5.97 Å². The molecular formula is C20H21BrN2O5. The molecule has 0 aliphatic rings. The molecule has 0 aromatic heterocycles. The summed E-state index contributed by atoms with van der Waals surface area (Å²) in [7, 11) is 0. The molecule has 2 aromatic rings. The number of carbonyl (C=O) groups is 2. The van der Waals surface area contributed by atoms with Gasteiger partial charge in [0, 0.05) is 5.56 Å². The highest BCUT2D eigenvalue weighted by Crippen LogP contribution is 2.25. The average molecular weight is 449 g/mol. The van der Waals surface area contributed by atoms with E-state index in [9.17, 15) is 9.59 Å². The van der Waals surface area contributed by atoms with Crippen molar-refractivity contribution in [2.24, 2.45) is 5.10 Å². The van der Waals surface area contributed by atoms with Crippen molar-refractivity contribution < 1.29 is 23.8 Å². The number of hydrazone groups is 1. The molecule has 0 fully saturated rings. The summed E-state index contributed by atoms with van der Waals surface area (Å²) in [4.78, 5) is 23.3. The second kappa shape index (κ2) is 11.1. The maximum absolute atomic E-state index is 11.9. The van der Waals surface area contributed by atoms with Crippen LogP contribution < -0.4 is 14.9 Å². The number of benzene rings is 2. The van der Waals surface area contributed by atoms with Gasteiger partial charge in [-0.05, 0) is 59.6 Å². The molecule has 148 valence electrons. The van der Waals surface area contributed by atoms with E-state index in [2.05, 4.69) is 26.5 Å². The fourth-order valence-electron chi connectivity index (χ4n) is 2.13. The van der Waals surface area contributed by atoms with Crippen molar-refractivity contribution in [3.8, 4) is 11.5 Å². The van der Waals surface area contributed by atoms with Gasteiger partial charge in [-0.3, -0.25) is 4.79 Å².